The molecule has 1 N–H and O–H groups in total. The van der Waals surface area contributed by atoms with Gasteiger partial charge in [0.15, 0.2) is 6.61 Å². The van der Waals surface area contributed by atoms with E-state index in [9.17, 15) is 33.1 Å². The molecule has 0 radical (unpaired) electrons. The Morgan fingerprint density at radius 2 is 1.81 bits per heavy atom. The van der Waals surface area contributed by atoms with Crippen molar-refractivity contribution in [2.45, 2.75) is 69.4 Å². The van der Waals surface area contributed by atoms with Gasteiger partial charge in [0.25, 0.3) is 0 Å². The summed E-state index contributed by atoms with van der Waals surface area (Å²) in [5.41, 5.74) is 0. The molecule has 0 aromatic rings. The second-order valence-electron chi connectivity index (χ2n) is 8.80. The summed E-state index contributed by atoms with van der Waals surface area (Å²) >= 11 is 0. The molecule has 4 fully saturated rings. The number of hydrogen-bond acceptors (Lipinski definition) is 9. The molecule has 0 amide bonds. The van der Waals surface area contributed by atoms with Gasteiger partial charge in [0.05, 0.1) is 17.9 Å². The first kappa shape index (κ1) is 21.9. The van der Waals surface area contributed by atoms with Gasteiger partial charge < -0.3 is 24.1 Å². The Kier molecular flexibility index (Phi) is 5.65. The summed E-state index contributed by atoms with van der Waals surface area (Å²) in [4.78, 5) is 48.6. The van der Waals surface area contributed by atoms with E-state index in [1.165, 1.54) is 0 Å². The Balaban J connectivity index is 1.36. The van der Waals surface area contributed by atoms with Gasteiger partial charge in [-0.15, -0.1) is 0 Å². The highest BCUT2D eigenvalue weighted by Gasteiger charge is 2.70. The predicted molar refractivity (Wildman–Crippen MR) is 94.3 cm³/mol. The molecule has 2 bridgehead atoms. The molecule has 6 atom stereocenters. The summed E-state index contributed by atoms with van der Waals surface area (Å²) < 4.78 is 47.0. The van der Waals surface area contributed by atoms with Crippen LogP contribution in [0.2, 0.25) is 0 Å². The van der Waals surface area contributed by atoms with Crippen LogP contribution in [0.15, 0.2) is 0 Å². The number of halogens is 2. The fraction of sp³-hybridized carbons (Fsp3) is 0.800. The van der Waals surface area contributed by atoms with Crippen LogP contribution < -0.4 is 0 Å². The van der Waals surface area contributed by atoms with Gasteiger partial charge in [0, 0.05) is 18.8 Å². The molecule has 31 heavy (non-hydrogen) atoms. The van der Waals surface area contributed by atoms with Crippen molar-refractivity contribution in [2.24, 2.45) is 23.7 Å². The van der Waals surface area contributed by atoms with E-state index in [0.29, 0.717) is 39.0 Å². The number of hydrogen-bond donors (Lipinski definition) is 1. The van der Waals surface area contributed by atoms with E-state index in [0.717, 1.165) is 0 Å². The Morgan fingerprint density at radius 1 is 1.13 bits per heavy atom. The zero-order chi connectivity index (χ0) is 22.5. The van der Waals surface area contributed by atoms with Crippen LogP contribution in [0.1, 0.15) is 39.0 Å². The fourth-order valence-electron chi connectivity index (χ4n) is 5.31. The van der Waals surface area contributed by atoms with Crippen molar-refractivity contribution in [2.75, 3.05) is 6.61 Å². The van der Waals surface area contributed by atoms with Crippen molar-refractivity contribution in [1.82, 2.24) is 0 Å². The highest BCUT2D eigenvalue weighted by atomic mass is 19.3. The van der Waals surface area contributed by atoms with Crippen molar-refractivity contribution < 1.29 is 52.0 Å². The molecule has 1 saturated heterocycles. The van der Waals surface area contributed by atoms with Gasteiger partial charge in [-0.1, -0.05) is 0 Å². The number of aliphatic hydroxyl groups is 1. The summed E-state index contributed by atoms with van der Waals surface area (Å²) in [5, 5.41) is 9.48. The highest BCUT2D eigenvalue weighted by molar-refractivity contribution is 5.87. The largest absolute Gasteiger partial charge is 0.460 e. The first-order valence-electron chi connectivity index (χ1n) is 10.4. The van der Waals surface area contributed by atoms with Crippen LogP contribution in [0.4, 0.5) is 8.78 Å². The lowest BCUT2D eigenvalue weighted by molar-refractivity contribution is -0.186. The molecule has 4 rings (SSSR count). The van der Waals surface area contributed by atoms with Crippen LogP contribution in [0.5, 0.6) is 0 Å². The van der Waals surface area contributed by atoms with E-state index in [1.807, 2.05) is 0 Å². The third-order valence-electron chi connectivity index (χ3n) is 6.69. The van der Waals surface area contributed by atoms with Gasteiger partial charge >= 0.3 is 29.8 Å². The molecule has 0 aromatic carbocycles. The average Bonchev–Trinajstić information content (AvgIpc) is 3.31. The Morgan fingerprint density at radius 3 is 2.45 bits per heavy atom. The molecular weight excluding hydrogens is 422 g/mol. The summed E-state index contributed by atoms with van der Waals surface area (Å²) in [5.74, 6) is -10.7. The number of aliphatic hydroxyl groups excluding tert-OH is 1. The van der Waals surface area contributed by atoms with Crippen molar-refractivity contribution in [1.29, 1.82) is 0 Å². The minimum atomic E-state index is -3.72. The lowest BCUT2D eigenvalue weighted by atomic mass is 9.78. The number of esters is 4. The second-order valence-corrected chi connectivity index (χ2v) is 8.80. The Bertz CT molecular complexity index is 771. The first-order chi connectivity index (χ1) is 14.6. The molecule has 0 aromatic heterocycles. The van der Waals surface area contributed by atoms with E-state index in [1.54, 1.807) is 0 Å². The monoisotopic (exact) mass is 446 g/mol. The topological polar surface area (TPSA) is 125 Å². The Labute approximate surface area is 176 Å². The van der Waals surface area contributed by atoms with E-state index in [-0.39, 0.29) is 6.10 Å². The SMILES string of the molecule is CC(F)(F)C(=O)OC1C2CC3C1OC(=O)C3C2C(=O)OCC(=O)OC1CCC(O)CC1. The molecule has 0 spiro atoms. The van der Waals surface area contributed by atoms with Crippen molar-refractivity contribution in [3.63, 3.8) is 0 Å². The number of ether oxygens (including phenoxy) is 4. The molecule has 1 aliphatic heterocycles. The molecule has 1 heterocycles. The van der Waals surface area contributed by atoms with Crippen molar-refractivity contribution in [3.05, 3.63) is 0 Å². The number of rotatable bonds is 6. The average molecular weight is 446 g/mol. The van der Waals surface area contributed by atoms with Gasteiger partial charge in [-0.3, -0.25) is 9.59 Å². The molecule has 9 nitrogen and oxygen atoms in total. The summed E-state index contributed by atoms with van der Waals surface area (Å²) in [6, 6.07) is 0. The maximum absolute atomic E-state index is 13.3. The molecule has 172 valence electrons. The van der Waals surface area contributed by atoms with Crippen LogP contribution in [0, 0.1) is 23.7 Å². The fourth-order valence-corrected chi connectivity index (χ4v) is 5.31. The van der Waals surface area contributed by atoms with Crippen molar-refractivity contribution in [3.8, 4) is 0 Å². The maximum atomic E-state index is 13.3. The number of carbonyl (C=O) groups excluding carboxylic acids is 4. The number of alkyl halides is 2. The van der Waals surface area contributed by atoms with Crippen LogP contribution in [0.25, 0.3) is 0 Å². The minimum absolute atomic E-state index is 0.295. The number of fused-ring (bicyclic) bond motifs is 1. The zero-order valence-electron chi connectivity index (χ0n) is 16.8. The molecule has 11 heteroatoms. The minimum Gasteiger partial charge on any atom is -0.460 e. The molecule has 6 unspecified atom stereocenters. The smallest absolute Gasteiger partial charge is 0.377 e. The first-order valence-corrected chi connectivity index (χ1v) is 10.4. The van der Waals surface area contributed by atoms with Crippen LogP contribution in [-0.4, -0.2) is 65.9 Å². The highest BCUT2D eigenvalue weighted by Crippen LogP contribution is 2.59. The number of carbonyl (C=O) groups is 4. The Hall–Kier alpha value is -2.30. The third-order valence-corrected chi connectivity index (χ3v) is 6.69. The van der Waals surface area contributed by atoms with E-state index < -0.39 is 78.4 Å². The molecular formula is C20H24F2O9. The van der Waals surface area contributed by atoms with E-state index in [2.05, 4.69) is 0 Å². The van der Waals surface area contributed by atoms with Crippen LogP contribution in [-0.2, 0) is 38.1 Å². The van der Waals surface area contributed by atoms with Gasteiger partial charge in [-0.05, 0) is 32.1 Å². The van der Waals surface area contributed by atoms with Gasteiger partial charge in [-0.2, -0.15) is 8.78 Å². The summed E-state index contributed by atoms with van der Waals surface area (Å²) in [6.45, 7) is -0.259. The van der Waals surface area contributed by atoms with Crippen LogP contribution in [0.3, 0.4) is 0 Å². The normalized spacial score (nSPS) is 38.5. The van der Waals surface area contributed by atoms with E-state index in [4.69, 9.17) is 18.9 Å². The van der Waals surface area contributed by atoms with Crippen molar-refractivity contribution >= 4 is 23.9 Å². The van der Waals surface area contributed by atoms with Gasteiger partial charge in [0.2, 0.25) is 0 Å². The van der Waals surface area contributed by atoms with E-state index >= 15 is 0 Å². The summed E-state index contributed by atoms with van der Waals surface area (Å²) in [6.07, 6.45) is -0.431. The second kappa shape index (κ2) is 7.99. The standard InChI is InChI=1S/C20H24F2O9/c1-20(21,22)19(27)31-16-10-6-11-14(18(26)30-15(11)16)13(10)17(25)28-7-12(24)29-9-4-2-8(23)3-5-9/h8-11,13-16,23H,2-7H2,1H3. The van der Waals surface area contributed by atoms with Gasteiger partial charge in [-0.25, -0.2) is 9.59 Å². The molecule has 3 saturated carbocycles. The summed E-state index contributed by atoms with van der Waals surface area (Å²) in [7, 11) is 0. The maximum Gasteiger partial charge on any atom is 0.377 e. The van der Waals surface area contributed by atoms with Gasteiger partial charge in [0.1, 0.15) is 18.3 Å². The molecule has 4 aliphatic rings. The predicted octanol–water partition coefficient (Wildman–Crippen LogP) is 0.751. The third kappa shape index (κ3) is 4.11. The zero-order valence-corrected chi connectivity index (χ0v) is 16.8. The molecule has 3 aliphatic carbocycles. The lowest BCUT2D eigenvalue weighted by Crippen LogP contribution is -2.45. The lowest BCUT2D eigenvalue weighted by Gasteiger charge is -2.30. The van der Waals surface area contributed by atoms with Crippen LogP contribution >= 0.6 is 0 Å². The quantitative estimate of drug-likeness (QED) is 0.465.